The van der Waals surface area contributed by atoms with Crippen molar-refractivity contribution in [3.05, 3.63) is 36.4 Å². The quantitative estimate of drug-likeness (QED) is 0.434. The van der Waals surface area contributed by atoms with Crippen LogP contribution < -0.4 is 4.74 Å². The van der Waals surface area contributed by atoms with Crippen LogP contribution in [-0.4, -0.2) is 12.6 Å². The monoisotopic (exact) mass is 220 g/mol. The molecular formula is C13H16O3. The number of carbonyl (C=O) groups excluding carboxylic acids is 1. The van der Waals surface area contributed by atoms with E-state index in [1.54, 1.807) is 12.1 Å². The first-order chi connectivity index (χ1) is 7.65. The standard InChI is InChI=1S/C13H16O3/c1-4-9-15-10(2)12-7-5-6-8-13(12)16-11(3)14/h5-8H,2,4,9H2,1,3H3. The number of hydrogen-bond donors (Lipinski definition) is 0. The number of para-hydroxylation sites is 1. The number of hydrogen-bond acceptors (Lipinski definition) is 3. The fourth-order valence-corrected chi connectivity index (χ4v) is 1.24. The summed E-state index contributed by atoms with van der Waals surface area (Å²) < 4.78 is 10.5. The highest BCUT2D eigenvalue weighted by Crippen LogP contribution is 2.25. The summed E-state index contributed by atoms with van der Waals surface area (Å²) in [7, 11) is 0. The highest BCUT2D eigenvalue weighted by molar-refractivity contribution is 5.73. The van der Waals surface area contributed by atoms with Gasteiger partial charge < -0.3 is 9.47 Å². The van der Waals surface area contributed by atoms with Gasteiger partial charge in [-0.1, -0.05) is 25.6 Å². The Morgan fingerprint density at radius 3 is 2.69 bits per heavy atom. The van der Waals surface area contributed by atoms with Gasteiger partial charge in [0, 0.05) is 6.92 Å². The molecule has 0 spiro atoms. The van der Waals surface area contributed by atoms with Crippen LogP contribution >= 0.6 is 0 Å². The van der Waals surface area contributed by atoms with E-state index in [1.807, 2.05) is 19.1 Å². The molecule has 0 N–H and O–H groups in total. The maximum absolute atomic E-state index is 10.9. The molecule has 3 nitrogen and oxygen atoms in total. The molecule has 0 saturated carbocycles. The molecule has 0 aliphatic rings. The molecule has 0 aromatic heterocycles. The van der Waals surface area contributed by atoms with Crippen molar-refractivity contribution in [3.8, 4) is 5.75 Å². The Bertz CT molecular complexity index is 383. The molecule has 0 saturated heterocycles. The summed E-state index contributed by atoms with van der Waals surface area (Å²) in [5.74, 6) is 0.658. The molecule has 1 rings (SSSR count). The third-order valence-corrected chi connectivity index (χ3v) is 1.92. The van der Waals surface area contributed by atoms with Gasteiger partial charge in [0.15, 0.2) is 0 Å². The Balaban J connectivity index is 2.85. The van der Waals surface area contributed by atoms with E-state index >= 15 is 0 Å². The van der Waals surface area contributed by atoms with E-state index in [9.17, 15) is 4.79 Å². The lowest BCUT2D eigenvalue weighted by Gasteiger charge is -2.11. The van der Waals surface area contributed by atoms with Crippen molar-refractivity contribution < 1.29 is 14.3 Å². The van der Waals surface area contributed by atoms with Crippen LogP contribution in [0.4, 0.5) is 0 Å². The topological polar surface area (TPSA) is 35.5 Å². The Morgan fingerprint density at radius 1 is 1.38 bits per heavy atom. The van der Waals surface area contributed by atoms with Crippen LogP contribution in [0.5, 0.6) is 5.75 Å². The third-order valence-electron chi connectivity index (χ3n) is 1.92. The van der Waals surface area contributed by atoms with Crippen LogP contribution in [0.15, 0.2) is 30.8 Å². The fourth-order valence-electron chi connectivity index (χ4n) is 1.24. The molecule has 16 heavy (non-hydrogen) atoms. The van der Waals surface area contributed by atoms with Gasteiger partial charge in [-0.25, -0.2) is 0 Å². The highest BCUT2D eigenvalue weighted by Gasteiger charge is 2.09. The molecule has 0 heterocycles. The predicted octanol–water partition coefficient (Wildman–Crippen LogP) is 3.01. The van der Waals surface area contributed by atoms with Crippen LogP contribution in [0.25, 0.3) is 5.76 Å². The van der Waals surface area contributed by atoms with E-state index in [4.69, 9.17) is 9.47 Å². The molecule has 0 aliphatic carbocycles. The normalized spacial score (nSPS) is 9.62. The van der Waals surface area contributed by atoms with Crippen LogP contribution in [-0.2, 0) is 9.53 Å². The van der Waals surface area contributed by atoms with Gasteiger partial charge in [-0.3, -0.25) is 4.79 Å². The van der Waals surface area contributed by atoms with Crippen molar-refractivity contribution in [1.82, 2.24) is 0 Å². The van der Waals surface area contributed by atoms with Crippen molar-refractivity contribution in [1.29, 1.82) is 0 Å². The molecule has 0 unspecified atom stereocenters. The number of rotatable bonds is 5. The summed E-state index contributed by atoms with van der Waals surface area (Å²) >= 11 is 0. The van der Waals surface area contributed by atoms with Gasteiger partial charge in [0.25, 0.3) is 0 Å². The molecule has 0 bridgehead atoms. The zero-order valence-electron chi connectivity index (χ0n) is 9.66. The summed E-state index contributed by atoms with van der Waals surface area (Å²) in [6.45, 7) is 7.81. The smallest absolute Gasteiger partial charge is 0.308 e. The minimum atomic E-state index is -0.351. The van der Waals surface area contributed by atoms with Crippen molar-refractivity contribution in [2.45, 2.75) is 20.3 Å². The molecule has 0 radical (unpaired) electrons. The van der Waals surface area contributed by atoms with Gasteiger partial charge in [0.05, 0.1) is 12.2 Å². The van der Waals surface area contributed by atoms with Crippen LogP contribution in [0.3, 0.4) is 0 Å². The first-order valence-electron chi connectivity index (χ1n) is 5.24. The lowest BCUT2D eigenvalue weighted by Crippen LogP contribution is -2.04. The van der Waals surface area contributed by atoms with Gasteiger partial charge in [-0.05, 0) is 18.6 Å². The van der Waals surface area contributed by atoms with Crippen LogP contribution in [0, 0.1) is 0 Å². The van der Waals surface area contributed by atoms with E-state index in [2.05, 4.69) is 6.58 Å². The lowest BCUT2D eigenvalue weighted by atomic mass is 10.2. The number of esters is 1. The molecular weight excluding hydrogens is 204 g/mol. The summed E-state index contributed by atoms with van der Waals surface area (Å²) in [6.07, 6.45) is 0.911. The first-order valence-corrected chi connectivity index (χ1v) is 5.24. The summed E-state index contributed by atoms with van der Waals surface area (Å²) in [5, 5.41) is 0. The number of benzene rings is 1. The van der Waals surface area contributed by atoms with Crippen molar-refractivity contribution in [2.75, 3.05) is 6.61 Å². The Labute approximate surface area is 95.7 Å². The second kappa shape index (κ2) is 5.95. The van der Waals surface area contributed by atoms with E-state index in [-0.39, 0.29) is 5.97 Å². The first kappa shape index (κ1) is 12.3. The predicted molar refractivity (Wildman–Crippen MR) is 63.0 cm³/mol. The van der Waals surface area contributed by atoms with Crippen molar-refractivity contribution >= 4 is 11.7 Å². The van der Waals surface area contributed by atoms with E-state index < -0.39 is 0 Å². The molecule has 3 heteroatoms. The zero-order chi connectivity index (χ0) is 12.0. The minimum absolute atomic E-state index is 0.351. The molecule has 0 aliphatic heterocycles. The van der Waals surface area contributed by atoms with E-state index in [0.29, 0.717) is 23.7 Å². The molecule has 86 valence electrons. The van der Waals surface area contributed by atoms with Gasteiger partial charge in [0.1, 0.15) is 11.5 Å². The zero-order valence-corrected chi connectivity index (χ0v) is 9.66. The van der Waals surface area contributed by atoms with Gasteiger partial charge in [-0.2, -0.15) is 0 Å². The highest BCUT2D eigenvalue weighted by atomic mass is 16.5. The molecule has 1 aromatic rings. The van der Waals surface area contributed by atoms with Crippen molar-refractivity contribution in [2.24, 2.45) is 0 Å². The lowest BCUT2D eigenvalue weighted by molar-refractivity contribution is -0.131. The molecule has 0 atom stereocenters. The fraction of sp³-hybridized carbons (Fsp3) is 0.308. The Hall–Kier alpha value is -1.77. The van der Waals surface area contributed by atoms with Gasteiger partial charge in [-0.15, -0.1) is 0 Å². The molecule has 0 amide bonds. The van der Waals surface area contributed by atoms with E-state index in [0.717, 1.165) is 6.42 Å². The average molecular weight is 220 g/mol. The van der Waals surface area contributed by atoms with Crippen LogP contribution in [0.2, 0.25) is 0 Å². The van der Waals surface area contributed by atoms with Gasteiger partial charge >= 0.3 is 5.97 Å². The Kier molecular flexibility index (Phi) is 4.58. The molecule has 1 aromatic carbocycles. The second-order valence-electron chi connectivity index (χ2n) is 3.36. The average Bonchev–Trinajstić information content (AvgIpc) is 2.26. The maximum Gasteiger partial charge on any atom is 0.308 e. The number of carbonyl (C=O) groups is 1. The summed E-state index contributed by atoms with van der Waals surface area (Å²) in [5.41, 5.74) is 0.714. The minimum Gasteiger partial charge on any atom is -0.493 e. The summed E-state index contributed by atoms with van der Waals surface area (Å²) in [4.78, 5) is 10.9. The van der Waals surface area contributed by atoms with Crippen LogP contribution in [0.1, 0.15) is 25.8 Å². The summed E-state index contributed by atoms with van der Waals surface area (Å²) in [6, 6.07) is 7.19. The maximum atomic E-state index is 10.9. The SMILES string of the molecule is C=C(OCCC)c1ccccc1OC(C)=O. The van der Waals surface area contributed by atoms with Crippen molar-refractivity contribution in [3.63, 3.8) is 0 Å². The second-order valence-corrected chi connectivity index (χ2v) is 3.36. The largest absolute Gasteiger partial charge is 0.493 e. The number of ether oxygens (including phenoxy) is 2. The Morgan fingerprint density at radius 2 is 2.06 bits per heavy atom. The van der Waals surface area contributed by atoms with E-state index in [1.165, 1.54) is 6.92 Å². The van der Waals surface area contributed by atoms with Gasteiger partial charge in [0.2, 0.25) is 0 Å². The molecule has 0 fully saturated rings. The third kappa shape index (κ3) is 3.42.